The highest BCUT2D eigenvalue weighted by atomic mass is 16.5. The van der Waals surface area contributed by atoms with E-state index in [-0.39, 0.29) is 17.2 Å². The number of methoxy groups -OCH3 is 1. The maximum Gasteiger partial charge on any atom is 0.305 e. The molecule has 0 aromatic carbocycles. The van der Waals surface area contributed by atoms with Gasteiger partial charge in [-0.3, -0.25) is 4.79 Å². The second-order valence-electron chi connectivity index (χ2n) is 4.72. The third kappa shape index (κ3) is 2.14. The van der Waals surface area contributed by atoms with Gasteiger partial charge in [0.2, 0.25) is 0 Å². The molecule has 3 nitrogen and oxygen atoms in total. The van der Waals surface area contributed by atoms with Crippen molar-refractivity contribution in [3.63, 3.8) is 0 Å². The van der Waals surface area contributed by atoms with Gasteiger partial charge >= 0.3 is 5.97 Å². The summed E-state index contributed by atoms with van der Waals surface area (Å²) in [7, 11) is 1.40. The highest BCUT2D eigenvalue weighted by Gasteiger charge is 2.57. The molecule has 0 spiro atoms. The zero-order chi connectivity index (χ0) is 10.9. The van der Waals surface area contributed by atoms with E-state index in [9.17, 15) is 9.59 Å². The lowest BCUT2D eigenvalue weighted by molar-refractivity contribution is -0.141. The van der Waals surface area contributed by atoms with Gasteiger partial charge in [0, 0.05) is 12.8 Å². The molecule has 1 saturated carbocycles. The Kier molecular flexibility index (Phi) is 2.98. The Labute approximate surface area is 84.8 Å². The molecule has 2 atom stereocenters. The van der Waals surface area contributed by atoms with E-state index in [0.29, 0.717) is 24.7 Å². The highest BCUT2D eigenvalue weighted by molar-refractivity contribution is 5.77. The first-order valence-electron chi connectivity index (χ1n) is 4.95. The summed E-state index contributed by atoms with van der Waals surface area (Å²) in [6, 6.07) is 0. The Balaban J connectivity index is 2.48. The average molecular weight is 198 g/mol. The predicted octanol–water partition coefficient (Wildman–Crippen LogP) is 1.80. The largest absolute Gasteiger partial charge is 0.469 e. The minimum absolute atomic E-state index is 0.125. The van der Waals surface area contributed by atoms with Crippen LogP contribution in [0.1, 0.15) is 33.6 Å². The number of Topliss-reactive ketones (excluding diaryl/α,β-unsaturated/α-hetero) is 1. The van der Waals surface area contributed by atoms with Crippen LogP contribution in [0.4, 0.5) is 0 Å². The topological polar surface area (TPSA) is 43.4 Å². The second kappa shape index (κ2) is 3.71. The van der Waals surface area contributed by atoms with Crippen LogP contribution in [0.2, 0.25) is 0 Å². The molecule has 1 rings (SSSR count). The van der Waals surface area contributed by atoms with E-state index >= 15 is 0 Å². The molecule has 0 radical (unpaired) electrons. The van der Waals surface area contributed by atoms with E-state index in [1.807, 2.05) is 0 Å². The van der Waals surface area contributed by atoms with Crippen LogP contribution in [0.5, 0.6) is 0 Å². The monoisotopic (exact) mass is 198 g/mol. The average Bonchev–Trinajstić information content (AvgIpc) is 2.55. The second-order valence-corrected chi connectivity index (χ2v) is 4.72. The van der Waals surface area contributed by atoms with E-state index < -0.39 is 0 Å². The van der Waals surface area contributed by atoms with Crippen molar-refractivity contribution in [2.45, 2.75) is 33.6 Å². The molecular formula is C11H18O3. The Morgan fingerprint density at radius 3 is 2.14 bits per heavy atom. The van der Waals surface area contributed by atoms with Crippen molar-refractivity contribution in [2.24, 2.45) is 17.3 Å². The maximum atomic E-state index is 11.1. The summed E-state index contributed by atoms with van der Waals surface area (Å²) in [6.45, 7) is 5.81. The molecule has 14 heavy (non-hydrogen) atoms. The molecule has 0 amide bonds. The van der Waals surface area contributed by atoms with E-state index in [1.165, 1.54) is 7.11 Å². The lowest BCUT2D eigenvalue weighted by Crippen LogP contribution is -2.03. The first-order valence-corrected chi connectivity index (χ1v) is 4.95. The van der Waals surface area contributed by atoms with Gasteiger partial charge in [0.1, 0.15) is 5.78 Å². The zero-order valence-corrected chi connectivity index (χ0v) is 9.29. The first kappa shape index (κ1) is 11.2. The number of rotatable bonds is 4. The van der Waals surface area contributed by atoms with Crippen molar-refractivity contribution in [1.29, 1.82) is 0 Å². The van der Waals surface area contributed by atoms with Crippen molar-refractivity contribution in [1.82, 2.24) is 0 Å². The van der Waals surface area contributed by atoms with Crippen molar-refractivity contribution in [3.05, 3.63) is 0 Å². The Hall–Kier alpha value is -0.860. The van der Waals surface area contributed by atoms with Crippen molar-refractivity contribution < 1.29 is 14.3 Å². The standard InChI is InChI=1S/C11H18O3/c1-7(12)5-8-9(11(8,2)3)6-10(13)14-4/h8-9H,5-6H2,1-4H3/t8-,9-/m1/s1. The summed E-state index contributed by atoms with van der Waals surface area (Å²) >= 11 is 0. The van der Waals surface area contributed by atoms with Gasteiger partial charge in [-0.05, 0) is 24.2 Å². The molecule has 0 heterocycles. The molecule has 0 aromatic heterocycles. The van der Waals surface area contributed by atoms with Crippen LogP contribution >= 0.6 is 0 Å². The lowest BCUT2D eigenvalue weighted by Gasteiger charge is -2.00. The van der Waals surface area contributed by atoms with Crippen LogP contribution in [0.25, 0.3) is 0 Å². The molecule has 0 saturated heterocycles. The minimum Gasteiger partial charge on any atom is -0.469 e. The number of hydrogen-bond acceptors (Lipinski definition) is 3. The fourth-order valence-corrected chi connectivity index (χ4v) is 2.24. The van der Waals surface area contributed by atoms with Crippen LogP contribution in [-0.2, 0) is 14.3 Å². The van der Waals surface area contributed by atoms with Crippen molar-refractivity contribution in [2.75, 3.05) is 7.11 Å². The number of carbonyl (C=O) groups is 2. The normalized spacial score (nSPS) is 28.3. The van der Waals surface area contributed by atoms with E-state index in [1.54, 1.807) is 6.92 Å². The Morgan fingerprint density at radius 1 is 1.21 bits per heavy atom. The zero-order valence-electron chi connectivity index (χ0n) is 9.29. The fourth-order valence-electron chi connectivity index (χ4n) is 2.24. The summed E-state index contributed by atoms with van der Waals surface area (Å²) in [5.74, 6) is 0.711. The maximum absolute atomic E-state index is 11.1. The van der Waals surface area contributed by atoms with Gasteiger partial charge in [-0.25, -0.2) is 0 Å². The van der Waals surface area contributed by atoms with E-state index in [0.717, 1.165) is 0 Å². The number of ether oxygens (including phenoxy) is 1. The summed E-state index contributed by atoms with van der Waals surface area (Å²) < 4.78 is 4.62. The fraction of sp³-hybridized carbons (Fsp3) is 0.818. The van der Waals surface area contributed by atoms with Gasteiger partial charge < -0.3 is 9.53 Å². The molecule has 0 N–H and O–H groups in total. The van der Waals surface area contributed by atoms with Crippen LogP contribution < -0.4 is 0 Å². The molecule has 80 valence electrons. The molecule has 3 heteroatoms. The van der Waals surface area contributed by atoms with Gasteiger partial charge in [0.25, 0.3) is 0 Å². The molecule has 0 aromatic rings. The molecule has 1 aliphatic carbocycles. The SMILES string of the molecule is COC(=O)C[C@@H]1[C@@H](CC(C)=O)C1(C)C. The van der Waals surface area contributed by atoms with E-state index in [4.69, 9.17) is 0 Å². The van der Waals surface area contributed by atoms with Crippen LogP contribution in [0.3, 0.4) is 0 Å². The number of esters is 1. The minimum atomic E-state index is -0.172. The third-order valence-corrected chi connectivity index (χ3v) is 3.41. The Bertz CT molecular complexity index is 255. The van der Waals surface area contributed by atoms with Gasteiger partial charge in [0.15, 0.2) is 0 Å². The summed E-state index contributed by atoms with van der Waals surface area (Å²) in [5, 5.41) is 0. The molecular weight excluding hydrogens is 180 g/mol. The summed E-state index contributed by atoms with van der Waals surface area (Å²) in [5.41, 5.74) is 0.125. The van der Waals surface area contributed by atoms with Gasteiger partial charge in [-0.15, -0.1) is 0 Å². The van der Waals surface area contributed by atoms with Gasteiger partial charge in [-0.1, -0.05) is 13.8 Å². The van der Waals surface area contributed by atoms with Crippen LogP contribution in [0.15, 0.2) is 0 Å². The smallest absolute Gasteiger partial charge is 0.305 e. The third-order valence-electron chi connectivity index (χ3n) is 3.41. The predicted molar refractivity (Wildman–Crippen MR) is 52.7 cm³/mol. The molecule has 1 fully saturated rings. The highest BCUT2D eigenvalue weighted by Crippen LogP contribution is 2.61. The lowest BCUT2D eigenvalue weighted by atomic mass is 10.1. The quantitative estimate of drug-likeness (QED) is 0.647. The summed E-state index contributed by atoms with van der Waals surface area (Å²) in [6.07, 6.45) is 1.04. The number of hydrogen-bond donors (Lipinski definition) is 0. The van der Waals surface area contributed by atoms with Crippen molar-refractivity contribution in [3.8, 4) is 0 Å². The van der Waals surface area contributed by atoms with Gasteiger partial charge in [0.05, 0.1) is 7.11 Å². The molecule has 0 unspecified atom stereocenters. The van der Waals surface area contributed by atoms with Crippen molar-refractivity contribution >= 4 is 11.8 Å². The number of ketones is 1. The van der Waals surface area contributed by atoms with Gasteiger partial charge in [-0.2, -0.15) is 0 Å². The van der Waals surface area contributed by atoms with E-state index in [2.05, 4.69) is 18.6 Å². The van der Waals surface area contributed by atoms with Crippen LogP contribution in [-0.4, -0.2) is 18.9 Å². The summed E-state index contributed by atoms with van der Waals surface area (Å²) in [4.78, 5) is 22.0. The molecule has 1 aliphatic rings. The molecule has 0 bridgehead atoms. The number of carbonyl (C=O) groups excluding carboxylic acids is 2. The molecule has 0 aliphatic heterocycles. The first-order chi connectivity index (χ1) is 6.39. The van der Waals surface area contributed by atoms with Crippen LogP contribution in [0, 0.1) is 17.3 Å². The Morgan fingerprint density at radius 2 is 1.71 bits per heavy atom.